The monoisotopic (exact) mass is 362 g/mol. The van der Waals surface area contributed by atoms with E-state index in [2.05, 4.69) is 31.9 Å². The zero-order valence-electron chi connectivity index (χ0n) is 7.84. The Hall–Kier alpha value is -0.520. The Morgan fingerprint density at radius 3 is 2.50 bits per heavy atom. The molecule has 2 rings (SSSR count). The zero-order chi connectivity index (χ0) is 11.7. The predicted octanol–water partition coefficient (Wildman–Crippen LogP) is 4.64. The molecular weight excluding hydrogens is 359 g/mol. The maximum absolute atomic E-state index is 13.1. The summed E-state index contributed by atoms with van der Waals surface area (Å²) in [6.45, 7) is 0. The molecule has 2 aromatic rings. The number of ketones is 1. The summed E-state index contributed by atoms with van der Waals surface area (Å²) in [5, 5.41) is 3.56. The van der Waals surface area contributed by atoms with Gasteiger partial charge in [-0.05, 0) is 34.1 Å². The van der Waals surface area contributed by atoms with E-state index >= 15 is 0 Å². The lowest BCUT2D eigenvalue weighted by molar-refractivity contribution is 0.103. The van der Waals surface area contributed by atoms with E-state index < -0.39 is 5.82 Å². The molecule has 0 aliphatic carbocycles. The van der Waals surface area contributed by atoms with Crippen molar-refractivity contribution >= 4 is 49.0 Å². The van der Waals surface area contributed by atoms with Crippen LogP contribution in [0.4, 0.5) is 4.39 Å². The Balaban J connectivity index is 2.45. The second-order valence-corrected chi connectivity index (χ2v) is 5.63. The van der Waals surface area contributed by atoms with Crippen molar-refractivity contribution in [1.29, 1.82) is 0 Å². The number of halogens is 3. The van der Waals surface area contributed by atoms with Crippen molar-refractivity contribution in [2.45, 2.75) is 0 Å². The smallest absolute Gasteiger partial charge is 0.195 e. The summed E-state index contributed by atoms with van der Waals surface area (Å²) in [4.78, 5) is 12.0. The molecule has 1 aromatic carbocycles. The molecule has 0 atom stereocenters. The number of hydrogen-bond acceptors (Lipinski definition) is 2. The van der Waals surface area contributed by atoms with Crippen molar-refractivity contribution in [2.24, 2.45) is 0 Å². The van der Waals surface area contributed by atoms with Crippen LogP contribution in [0, 0.1) is 5.82 Å². The van der Waals surface area contributed by atoms with Gasteiger partial charge in [0.1, 0.15) is 5.82 Å². The maximum atomic E-state index is 13.1. The second kappa shape index (κ2) is 4.77. The van der Waals surface area contributed by atoms with Crippen LogP contribution in [0.15, 0.2) is 37.9 Å². The maximum Gasteiger partial charge on any atom is 0.195 e. The van der Waals surface area contributed by atoms with Gasteiger partial charge in [0, 0.05) is 30.8 Å². The summed E-state index contributed by atoms with van der Waals surface area (Å²) in [5.74, 6) is -0.614. The Morgan fingerprint density at radius 2 is 1.94 bits per heavy atom. The average molecular weight is 364 g/mol. The number of rotatable bonds is 2. The first-order chi connectivity index (χ1) is 7.58. The van der Waals surface area contributed by atoms with Crippen molar-refractivity contribution in [3.63, 3.8) is 0 Å². The number of carbonyl (C=O) groups excluding carboxylic acids is 1. The minimum Gasteiger partial charge on any atom is -0.289 e. The van der Waals surface area contributed by atoms with E-state index in [0.29, 0.717) is 15.6 Å². The molecule has 5 heteroatoms. The topological polar surface area (TPSA) is 17.1 Å². The molecule has 0 spiro atoms. The van der Waals surface area contributed by atoms with Gasteiger partial charge in [-0.15, -0.1) is 0 Å². The highest BCUT2D eigenvalue weighted by Gasteiger charge is 2.14. The van der Waals surface area contributed by atoms with E-state index in [0.717, 1.165) is 4.47 Å². The quantitative estimate of drug-likeness (QED) is 0.710. The third-order valence-electron chi connectivity index (χ3n) is 1.98. The Bertz CT molecular complexity index is 530. The van der Waals surface area contributed by atoms with Crippen molar-refractivity contribution in [3.8, 4) is 0 Å². The molecule has 0 N–H and O–H groups in total. The molecule has 82 valence electrons. The number of carbonyl (C=O) groups is 1. The van der Waals surface area contributed by atoms with Crippen LogP contribution < -0.4 is 0 Å². The van der Waals surface area contributed by atoms with Gasteiger partial charge in [0.15, 0.2) is 5.78 Å². The summed E-state index contributed by atoms with van der Waals surface area (Å²) < 4.78 is 14.4. The third-order valence-corrected chi connectivity index (χ3v) is 4.14. The molecule has 0 amide bonds. The van der Waals surface area contributed by atoms with E-state index in [4.69, 9.17) is 0 Å². The molecule has 1 nitrogen and oxygen atoms in total. The number of thiophene rings is 1. The first-order valence-corrected chi connectivity index (χ1v) is 6.83. The van der Waals surface area contributed by atoms with Gasteiger partial charge < -0.3 is 0 Å². The summed E-state index contributed by atoms with van der Waals surface area (Å²) in [6, 6.07) is 4.16. The Morgan fingerprint density at radius 1 is 1.19 bits per heavy atom. The first kappa shape index (κ1) is 12.0. The molecular formula is C11H5Br2FOS. The molecule has 0 fully saturated rings. The lowest BCUT2D eigenvalue weighted by Gasteiger charge is -2.01. The van der Waals surface area contributed by atoms with Crippen LogP contribution in [0.3, 0.4) is 0 Å². The van der Waals surface area contributed by atoms with Crippen LogP contribution in [0.5, 0.6) is 0 Å². The second-order valence-electron chi connectivity index (χ2n) is 3.12. The summed E-state index contributed by atoms with van der Waals surface area (Å²) >= 11 is 7.87. The van der Waals surface area contributed by atoms with Gasteiger partial charge in [-0.3, -0.25) is 4.79 Å². The molecule has 0 saturated carbocycles. The normalized spacial score (nSPS) is 10.4. The van der Waals surface area contributed by atoms with Crippen LogP contribution in [-0.2, 0) is 0 Å². The van der Waals surface area contributed by atoms with Gasteiger partial charge in [0.05, 0.1) is 0 Å². The van der Waals surface area contributed by atoms with Crippen molar-refractivity contribution in [3.05, 3.63) is 54.8 Å². The lowest BCUT2D eigenvalue weighted by atomic mass is 10.1. The molecule has 0 bridgehead atoms. The number of benzene rings is 1. The first-order valence-electron chi connectivity index (χ1n) is 4.30. The van der Waals surface area contributed by atoms with Gasteiger partial charge >= 0.3 is 0 Å². The van der Waals surface area contributed by atoms with Crippen LogP contribution >= 0.6 is 43.2 Å². The van der Waals surface area contributed by atoms with E-state index in [1.165, 1.54) is 23.5 Å². The molecule has 0 aliphatic heterocycles. The largest absolute Gasteiger partial charge is 0.289 e. The van der Waals surface area contributed by atoms with E-state index in [-0.39, 0.29) is 5.78 Å². The van der Waals surface area contributed by atoms with Gasteiger partial charge in [-0.25, -0.2) is 4.39 Å². The SMILES string of the molecule is O=C(c1cc(F)cc(Br)c1)c1cscc1Br. The molecule has 16 heavy (non-hydrogen) atoms. The number of hydrogen-bond donors (Lipinski definition) is 0. The molecule has 0 radical (unpaired) electrons. The van der Waals surface area contributed by atoms with Crippen molar-refractivity contribution < 1.29 is 9.18 Å². The Labute approximate surface area is 113 Å². The van der Waals surface area contributed by atoms with E-state index in [1.807, 2.05) is 5.38 Å². The van der Waals surface area contributed by atoms with E-state index in [1.54, 1.807) is 11.4 Å². The fourth-order valence-corrected chi connectivity index (χ4v) is 3.20. The molecule has 0 unspecified atom stereocenters. The predicted molar refractivity (Wildman–Crippen MR) is 69.6 cm³/mol. The average Bonchev–Trinajstić information content (AvgIpc) is 2.62. The van der Waals surface area contributed by atoms with Gasteiger partial charge in [0.2, 0.25) is 0 Å². The summed E-state index contributed by atoms with van der Waals surface area (Å²) in [5.41, 5.74) is 0.897. The molecule has 0 aliphatic rings. The van der Waals surface area contributed by atoms with Crippen LogP contribution in [0.2, 0.25) is 0 Å². The van der Waals surface area contributed by atoms with Crippen LogP contribution in [-0.4, -0.2) is 5.78 Å². The van der Waals surface area contributed by atoms with Crippen LogP contribution in [0.25, 0.3) is 0 Å². The highest BCUT2D eigenvalue weighted by Crippen LogP contribution is 2.25. The fourth-order valence-electron chi connectivity index (χ4n) is 1.28. The van der Waals surface area contributed by atoms with Gasteiger partial charge in [-0.2, -0.15) is 11.3 Å². The lowest BCUT2D eigenvalue weighted by Crippen LogP contribution is -2.01. The van der Waals surface area contributed by atoms with Gasteiger partial charge in [0.25, 0.3) is 0 Å². The van der Waals surface area contributed by atoms with Crippen molar-refractivity contribution in [1.82, 2.24) is 0 Å². The van der Waals surface area contributed by atoms with Crippen LogP contribution in [0.1, 0.15) is 15.9 Å². The molecule has 1 heterocycles. The summed E-state index contributed by atoms with van der Waals surface area (Å²) in [7, 11) is 0. The van der Waals surface area contributed by atoms with Crippen molar-refractivity contribution in [2.75, 3.05) is 0 Å². The highest BCUT2D eigenvalue weighted by molar-refractivity contribution is 9.10. The Kier molecular flexibility index (Phi) is 3.56. The minimum atomic E-state index is -0.427. The van der Waals surface area contributed by atoms with E-state index in [9.17, 15) is 9.18 Å². The zero-order valence-corrected chi connectivity index (χ0v) is 11.8. The molecule has 0 saturated heterocycles. The summed E-state index contributed by atoms with van der Waals surface area (Å²) in [6.07, 6.45) is 0. The highest BCUT2D eigenvalue weighted by atomic mass is 79.9. The fraction of sp³-hybridized carbons (Fsp3) is 0. The standard InChI is InChI=1S/C11H5Br2FOS/c12-7-1-6(2-8(14)3-7)11(15)9-4-16-5-10(9)13/h1-5H. The van der Waals surface area contributed by atoms with Gasteiger partial charge in [-0.1, -0.05) is 15.9 Å². The molecule has 1 aromatic heterocycles. The third kappa shape index (κ3) is 2.42. The minimum absolute atomic E-state index is 0.187.